The first-order valence-electron chi connectivity index (χ1n) is 9.79. The van der Waals surface area contributed by atoms with Crippen molar-refractivity contribution in [2.45, 2.75) is 6.61 Å². The first kappa shape index (κ1) is 23.2. The standard InChI is InChI=1S/C25H24BrNO5/c1-29-19-10-11-22(30-2)21(15-19)27-24(28)12-9-18-13-20(26)25(23(14-18)31-3)32-16-17-7-5-4-6-8-17/h4-15H,16H2,1-3H3,(H,27,28)/b12-9+. The number of carbonyl (C=O) groups excluding carboxylic acids is 1. The Morgan fingerprint density at radius 2 is 1.69 bits per heavy atom. The zero-order valence-corrected chi connectivity index (χ0v) is 19.6. The number of carbonyl (C=O) groups is 1. The summed E-state index contributed by atoms with van der Waals surface area (Å²) in [4.78, 5) is 12.5. The van der Waals surface area contributed by atoms with E-state index >= 15 is 0 Å². The van der Waals surface area contributed by atoms with Crippen molar-refractivity contribution in [3.63, 3.8) is 0 Å². The lowest BCUT2D eigenvalue weighted by Gasteiger charge is -2.14. The summed E-state index contributed by atoms with van der Waals surface area (Å²) in [5.74, 6) is 2.00. The van der Waals surface area contributed by atoms with Crippen molar-refractivity contribution in [3.05, 3.63) is 82.3 Å². The van der Waals surface area contributed by atoms with Crippen molar-refractivity contribution in [1.29, 1.82) is 0 Å². The van der Waals surface area contributed by atoms with Crippen LogP contribution in [0.3, 0.4) is 0 Å². The molecule has 1 amide bonds. The minimum absolute atomic E-state index is 0.309. The fourth-order valence-electron chi connectivity index (χ4n) is 2.96. The van der Waals surface area contributed by atoms with Crippen LogP contribution in [0.25, 0.3) is 6.08 Å². The largest absolute Gasteiger partial charge is 0.497 e. The van der Waals surface area contributed by atoms with Crippen molar-refractivity contribution in [2.24, 2.45) is 0 Å². The van der Waals surface area contributed by atoms with Crippen LogP contribution in [0, 0.1) is 0 Å². The number of benzene rings is 3. The van der Waals surface area contributed by atoms with Crippen LogP contribution in [-0.2, 0) is 11.4 Å². The van der Waals surface area contributed by atoms with E-state index in [2.05, 4.69) is 21.2 Å². The van der Waals surface area contributed by atoms with Crippen LogP contribution >= 0.6 is 15.9 Å². The molecule has 0 radical (unpaired) electrons. The molecular formula is C25H24BrNO5. The maximum Gasteiger partial charge on any atom is 0.248 e. The molecule has 0 saturated carbocycles. The van der Waals surface area contributed by atoms with Gasteiger partial charge >= 0.3 is 0 Å². The van der Waals surface area contributed by atoms with Crippen LogP contribution in [0.2, 0.25) is 0 Å². The minimum atomic E-state index is -0.309. The number of methoxy groups -OCH3 is 3. The van der Waals surface area contributed by atoms with Gasteiger partial charge in [0.1, 0.15) is 18.1 Å². The number of hydrogen-bond acceptors (Lipinski definition) is 5. The Kier molecular flexibility index (Phi) is 8.16. The molecular weight excluding hydrogens is 474 g/mol. The van der Waals surface area contributed by atoms with E-state index in [0.29, 0.717) is 35.3 Å². The SMILES string of the molecule is COc1ccc(OC)c(NC(=O)/C=C/c2cc(Br)c(OCc3ccccc3)c(OC)c2)c1. The van der Waals surface area contributed by atoms with Gasteiger partial charge in [0.15, 0.2) is 11.5 Å². The first-order chi connectivity index (χ1) is 15.5. The molecule has 0 heterocycles. The van der Waals surface area contributed by atoms with Gasteiger partial charge in [-0.05, 0) is 57.4 Å². The zero-order chi connectivity index (χ0) is 22.9. The van der Waals surface area contributed by atoms with Crippen LogP contribution in [0.1, 0.15) is 11.1 Å². The molecule has 166 valence electrons. The molecule has 0 atom stereocenters. The van der Waals surface area contributed by atoms with Gasteiger partial charge in [0.2, 0.25) is 5.91 Å². The second-order valence-electron chi connectivity index (χ2n) is 6.70. The number of halogens is 1. The first-order valence-corrected chi connectivity index (χ1v) is 10.6. The minimum Gasteiger partial charge on any atom is -0.497 e. The van der Waals surface area contributed by atoms with Crippen molar-refractivity contribution >= 4 is 33.6 Å². The van der Waals surface area contributed by atoms with E-state index < -0.39 is 0 Å². The molecule has 0 aliphatic carbocycles. The lowest BCUT2D eigenvalue weighted by molar-refractivity contribution is -0.111. The maximum absolute atomic E-state index is 12.5. The predicted molar refractivity (Wildman–Crippen MR) is 129 cm³/mol. The molecule has 3 aromatic carbocycles. The molecule has 0 aliphatic rings. The Bertz CT molecular complexity index is 1100. The van der Waals surface area contributed by atoms with Gasteiger partial charge in [-0.15, -0.1) is 0 Å². The molecule has 7 heteroatoms. The molecule has 32 heavy (non-hydrogen) atoms. The molecule has 6 nitrogen and oxygen atoms in total. The normalized spacial score (nSPS) is 10.6. The van der Waals surface area contributed by atoms with Gasteiger partial charge < -0.3 is 24.3 Å². The van der Waals surface area contributed by atoms with Gasteiger partial charge in [-0.2, -0.15) is 0 Å². The molecule has 0 saturated heterocycles. The molecule has 0 unspecified atom stereocenters. The topological polar surface area (TPSA) is 66.0 Å². The summed E-state index contributed by atoms with van der Waals surface area (Å²) in [6.45, 7) is 0.412. The Morgan fingerprint density at radius 1 is 0.938 bits per heavy atom. The van der Waals surface area contributed by atoms with Gasteiger partial charge in [0.05, 0.1) is 31.5 Å². The predicted octanol–water partition coefficient (Wildman–Crippen LogP) is 5.71. The highest BCUT2D eigenvalue weighted by atomic mass is 79.9. The number of rotatable bonds is 9. The van der Waals surface area contributed by atoms with Gasteiger partial charge in [-0.25, -0.2) is 0 Å². The van der Waals surface area contributed by atoms with Crippen LogP contribution in [0.15, 0.2) is 71.2 Å². The van der Waals surface area contributed by atoms with Crippen LogP contribution in [-0.4, -0.2) is 27.2 Å². The van der Waals surface area contributed by atoms with Crippen LogP contribution in [0.5, 0.6) is 23.0 Å². The van der Waals surface area contributed by atoms with Gasteiger partial charge in [0, 0.05) is 12.1 Å². The second-order valence-corrected chi connectivity index (χ2v) is 7.55. The second kappa shape index (κ2) is 11.2. The lowest BCUT2D eigenvalue weighted by Crippen LogP contribution is -2.09. The molecule has 0 spiro atoms. The Balaban J connectivity index is 1.73. The van der Waals surface area contributed by atoms with E-state index in [0.717, 1.165) is 15.6 Å². The number of ether oxygens (including phenoxy) is 4. The van der Waals surface area contributed by atoms with E-state index in [1.165, 1.54) is 6.08 Å². The van der Waals surface area contributed by atoms with E-state index in [1.54, 1.807) is 51.7 Å². The zero-order valence-electron chi connectivity index (χ0n) is 18.1. The van der Waals surface area contributed by atoms with Crippen molar-refractivity contribution in [3.8, 4) is 23.0 Å². The number of nitrogens with one attached hydrogen (secondary N) is 1. The molecule has 3 rings (SSSR count). The third kappa shape index (κ3) is 6.04. The fraction of sp³-hybridized carbons (Fsp3) is 0.160. The summed E-state index contributed by atoms with van der Waals surface area (Å²) in [7, 11) is 4.68. The summed E-state index contributed by atoms with van der Waals surface area (Å²) in [5.41, 5.74) is 2.34. The highest BCUT2D eigenvalue weighted by Gasteiger charge is 2.12. The average molecular weight is 498 g/mol. The van der Waals surface area contributed by atoms with E-state index in [9.17, 15) is 4.79 Å². The number of amides is 1. The molecule has 0 fully saturated rings. The third-order valence-electron chi connectivity index (χ3n) is 4.57. The van der Waals surface area contributed by atoms with Crippen LogP contribution in [0.4, 0.5) is 5.69 Å². The maximum atomic E-state index is 12.5. The Labute approximate surface area is 195 Å². The van der Waals surface area contributed by atoms with E-state index in [1.807, 2.05) is 36.4 Å². The summed E-state index contributed by atoms with van der Waals surface area (Å²) in [5, 5.41) is 2.80. The fourth-order valence-corrected chi connectivity index (χ4v) is 3.54. The molecule has 0 aliphatic heterocycles. The van der Waals surface area contributed by atoms with Crippen molar-refractivity contribution < 1.29 is 23.7 Å². The summed E-state index contributed by atoms with van der Waals surface area (Å²) >= 11 is 3.54. The number of hydrogen-bond donors (Lipinski definition) is 1. The average Bonchev–Trinajstić information content (AvgIpc) is 2.82. The van der Waals surface area contributed by atoms with Gasteiger partial charge in [-0.1, -0.05) is 30.3 Å². The summed E-state index contributed by atoms with van der Waals surface area (Å²) in [6.07, 6.45) is 3.13. The smallest absolute Gasteiger partial charge is 0.248 e. The highest BCUT2D eigenvalue weighted by Crippen LogP contribution is 2.37. The van der Waals surface area contributed by atoms with Crippen LogP contribution < -0.4 is 24.3 Å². The quantitative estimate of drug-likeness (QED) is 0.383. The van der Waals surface area contributed by atoms with E-state index in [4.69, 9.17) is 18.9 Å². The molecule has 3 aromatic rings. The molecule has 0 bridgehead atoms. The van der Waals surface area contributed by atoms with Gasteiger partial charge in [-0.3, -0.25) is 4.79 Å². The third-order valence-corrected chi connectivity index (χ3v) is 5.16. The summed E-state index contributed by atoms with van der Waals surface area (Å²) < 4.78 is 22.7. The van der Waals surface area contributed by atoms with Crippen molar-refractivity contribution in [1.82, 2.24) is 0 Å². The Morgan fingerprint density at radius 3 is 2.38 bits per heavy atom. The van der Waals surface area contributed by atoms with E-state index in [-0.39, 0.29) is 5.91 Å². The molecule has 1 N–H and O–H groups in total. The lowest BCUT2D eigenvalue weighted by atomic mass is 10.1. The van der Waals surface area contributed by atoms with Crippen molar-refractivity contribution in [2.75, 3.05) is 26.6 Å². The number of anilines is 1. The highest BCUT2D eigenvalue weighted by molar-refractivity contribution is 9.10. The summed E-state index contributed by atoms with van der Waals surface area (Å²) in [6, 6.07) is 18.7. The molecule has 0 aromatic heterocycles. The monoisotopic (exact) mass is 497 g/mol. The Hall–Kier alpha value is -3.45. The van der Waals surface area contributed by atoms with Gasteiger partial charge in [0.25, 0.3) is 0 Å².